The molecular weight excluding hydrogens is 421 g/mol. The fourth-order valence-corrected chi connectivity index (χ4v) is 4.87. The Hall–Kier alpha value is -2.59. The average molecular weight is 442 g/mol. The van der Waals surface area contributed by atoms with Gasteiger partial charge in [-0.2, -0.15) is 17.5 Å². The first-order chi connectivity index (χ1) is 14.1. The van der Waals surface area contributed by atoms with Gasteiger partial charge in [-0.3, -0.25) is 4.79 Å². The van der Waals surface area contributed by atoms with Crippen LogP contribution in [0.3, 0.4) is 0 Å². The number of amides is 1. The number of hydrogen-bond acceptors (Lipinski definition) is 4. The Morgan fingerprint density at radius 1 is 1.13 bits per heavy atom. The van der Waals surface area contributed by atoms with E-state index in [1.165, 1.54) is 53.9 Å². The second kappa shape index (κ2) is 8.65. The predicted molar refractivity (Wildman–Crippen MR) is 105 cm³/mol. The number of halogens is 3. The van der Waals surface area contributed by atoms with E-state index in [1.807, 2.05) is 0 Å². The molecule has 0 bridgehead atoms. The smallest absolute Gasteiger partial charge is 0.418 e. The van der Waals surface area contributed by atoms with Gasteiger partial charge in [-0.05, 0) is 49.2 Å². The second-order valence-corrected chi connectivity index (χ2v) is 8.85. The van der Waals surface area contributed by atoms with Gasteiger partial charge in [0.1, 0.15) is 5.75 Å². The van der Waals surface area contributed by atoms with Gasteiger partial charge in [-0.25, -0.2) is 8.42 Å². The molecule has 1 heterocycles. The lowest BCUT2D eigenvalue weighted by Crippen LogP contribution is -2.43. The lowest BCUT2D eigenvalue weighted by atomic mass is 9.98. The lowest BCUT2D eigenvalue weighted by molar-refractivity contribution is -0.137. The van der Waals surface area contributed by atoms with Crippen LogP contribution in [-0.4, -0.2) is 38.8 Å². The zero-order valence-electron chi connectivity index (χ0n) is 16.1. The zero-order valence-corrected chi connectivity index (χ0v) is 17.0. The number of hydrogen-bond donors (Lipinski definition) is 1. The van der Waals surface area contributed by atoms with Crippen LogP contribution in [-0.2, 0) is 21.0 Å². The summed E-state index contributed by atoms with van der Waals surface area (Å²) in [5.74, 6) is -0.887. The fraction of sp³-hybridized carbons (Fsp3) is 0.350. The van der Waals surface area contributed by atoms with Gasteiger partial charge in [0.25, 0.3) is 0 Å². The number of rotatable bonds is 5. The number of alkyl halides is 3. The van der Waals surface area contributed by atoms with Crippen molar-refractivity contribution in [2.45, 2.75) is 23.9 Å². The summed E-state index contributed by atoms with van der Waals surface area (Å²) in [4.78, 5) is 12.7. The molecule has 2 aromatic rings. The Balaban J connectivity index is 1.75. The topological polar surface area (TPSA) is 75.7 Å². The van der Waals surface area contributed by atoms with E-state index in [1.54, 1.807) is 0 Å². The molecule has 1 N–H and O–H groups in total. The zero-order chi connectivity index (χ0) is 21.9. The maximum Gasteiger partial charge on any atom is 0.418 e. The largest absolute Gasteiger partial charge is 0.497 e. The molecule has 2 aromatic carbocycles. The molecule has 1 atom stereocenters. The van der Waals surface area contributed by atoms with Crippen LogP contribution in [0.4, 0.5) is 18.9 Å². The van der Waals surface area contributed by atoms with Crippen LogP contribution in [0.5, 0.6) is 5.75 Å². The van der Waals surface area contributed by atoms with E-state index in [4.69, 9.17) is 4.74 Å². The Morgan fingerprint density at radius 3 is 2.43 bits per heavy atom. The van der Waals surface area contributed by atoms with Gasteiger partial charge in [0, 0.05) is 13.1 Å². The van der Waals surface area contributed by atoms with Crippen molar-refractivity contribution in [3.05, 3.63) is 54.1 Å². The van der Waals surface area contributed by atoms with E-state index in [-0.39, 0.29) is 23.7 Å². The number of nitrogens with one attached hydrogen (secondary N) is 1. The maximum absolute atomic E-state index is 13.2. The predicted octanol–water partition coefficient (Wildman–Crippen LogP) is 3.75. The van der Waals surface area contributed by atoms with E-state index in [0.717, 1.165) is 6.07 Å². The number of methoxy groups -OCH3 is 1. The second-order valence-electron chi connectivity index (χ2n) is 6.91. The van der Waals surface area contributed by atoms with Crippen molar-refractivity contribution in [3.8, 4) is 5.75 Å². The third-order valence-electron chi connectivity index (χ3n) is 4.94. The summed E-state index contributed by atoms with van der Waals surface area (Å²) < 4.78 is 71.5. The van der Waals surface area contributed by atoms with Crippen molar-refractivity contribution in [2.75, 3.05) is 25.5 Å². The van der Waals surface area contributed by atoms with Gasteiger partial charge < -0.3 is 10.1 Å². The molecule has 1 fully saturated rings. The number of carbonyl (C=O) groups excluding carboxylic acids is 1. The standard InChI is InChI=1S/C20H21F3N2O4S/c1-29-15-8-10-16(11-9-15)30(27,28)25-12-4-5-14(13-25)19(26)24-18-7-3-2-6-17(18)20(21,22)23/h2-3,6-11,14H,4-5,12-13H2,1H3,(H,24,26). The minimum Gasteiger partial charge on any atom is -0.497 e. The van der Waals surface area contributed by atoms with E-state index < -0.39 is 33.6 Å². The summed E-state index contributed by atoms with van der Waals surface area (Å²) >= 11 is 0. The molecule has 10 heteroatoms. The highest BCUT2D eigenvalue weighted by Gasteiger charge is 2.36. The summed E-state index contributed by atoms with van der Waals surface area (Å²) in [6, 6.07) is 10.6. The van der Waals surface area contributed by atoms with Crippen molar-refractivity contribution in [1.29, 1.82) is 0 Å². The fourth-order valence-electron chi connectivity index (χ4n) is 3.35. The maximum atomic E-state index is 13.2. The van der Waals surface area contributed by atoms with Crippen LogP contribution in [0, 0.1) is 5.92 Å². The molecule has 1 amide bonds. The molecule has 0 aromatic heterocycles. The first-order valence-electron chi connectivity index (χ1n) is 9.24. The number of piperidine rings is 1. The molecule has 0 aliphatic carbocycles. The van der Waals surface area contributed by atoms with E-state index in [2.05, 4.69) is 5.32 Å². The summed E-state index contributed by atoms with van der Waals surface area (Å²) in [5.41, 5.74) is -1.29. The third kappa shape index (κ3) is 4.76. The van der Waals surface area contributed by atoms with Crippen molar-refractivity contribution in [1.82, 2.24) is 4.31 Å². The van der Waals surface area contributed by atoms with Gasteiger partial charge in [0.05, 0.1) is 29.2 Å². The Bertz CT molecular complexity index is 1010. The first kappa shape index (κ1) is 22.1. The normalized spacial score (nSPS) is 18.1. The minimum atomic E-state index is -4.61. The number of benzene rings is 2. The molecule has 1 aliphatic heterocycles. The number of sulfonamides is 1. The van der Waals surface area contributed by atoms with Crippen LogP contribution >= 0.6 is 0 Å². The highest BCUT2D eigenvalue weighted by atomic mass is 32.2. The van der Waals surface area contributed by atoms with Gasteiger partial charge in [0.2, 0.25) is 15.9 Å². The number of carbonyl (C=O) groups is 1. The molecular formula is C20H21F3N2O4S. The van der Waals surface area contributed by atoms with Crippen LogP contribution in [0.25, 0.3) is 0 Å². The SMILES string of the molecule is COc1ccc(S(=O)(=O)N2CCCC(C(=O)Nc3ccccc3C(F)(F)F)C2)cc1. The summed E-state index contributed by atoms with van der Waals surface area (Å²) in [5, 5.41) is 2.32. The number of para-hydroxylation sites is 1. The highest BCUT2D eigenvalue weighted by molar-refractivity contribution is 7.89. The third-order valence-corrected chi connectivity index (χ3v) is 6.82. The molecule has 162 valence electrons. The van der Waals surface area contributed by atoms with Gasteiger partial charge in [0.15, 0.2) is 0 Å². The lowest BCUT2D eigenvalue weighted by Gasteiger charge is -2.31. The molecule has 0 spiro atoms. The molecule has 6 nitrogen and oxygen atoms in total. The van der Waals surface area contributed by atoms with Crippen molar-refractivity contribution in [2.24, 2.45) is 5.92 Å². The van der Waals surface area contributed by atoms with Gasteiger partial charge >= 0.3 is 6.18 Å². The van der Waals surface area contributed by atoms with Gasteiger partial charge in [-0.1, -0.05) is 12.1 Å². The van der Waals surface area contributed by atoms with Crippen LogP contribution in [0.2, 0.25) is 0 Å². The molecule has 30 heavy (non-hydrogen) atoms. The van der Waals surface area contributed by atoms with Crippen molar-refractivity contribution >= 4 is 21.6 Å². The molecule has 1 saturated heterocycles. The molecule has 3 rings (SSSR count). The Kier molecular flexibility index (Phi) is 6.37. The van der Waals surface area contributed by atoms with Crippen LogP contribution < -0.4 is 10.1 Å². The van der Waals surface area contributed by atoms with Gasteiger partial charge in [-0.15, -0.1) is 0 Å². The number of ether oxygens (including phenoxy) is 1. The van der Waals surface area contributed by atoms with Crippen LogP contribution in [0.15, 0.2) is 53.4 Å². The Labute approximate surface area is 172 Å². The molecule has 1 unspecified atom stereocenters. The molecule has 0 radical (unpaired) electrons. The van der Waals surface area contributed by atoms with E-state index in [9.17, 15) is 26.4 Å². The summed E-state index contributed by atoms with van der Waals surface area (Å²) in [7, 11) is -2.37. The van der Waals surface area contributed by atoms with Crippen molar-refractivity contribution in [3.63, 3.8) is 0 Å². The minimum absolute atomic E-state index is 0.0618. The molecule has 1 aliphatic rings. The highest BCUT2D eigenvalue weighted by Crippen LogP contribution is 2.35. The number of nitrogens with zero attached hydrogens (tertiary/aromatic N) is 1. The van der Waals surface area contributed by atoms with Crippen LogP contribution in [0.1, 0.15) is 18.4 Å². The molecule has 0 saturated carbocycles. The first-order valence-corrected chi connectivity index (χ1v) is 10.7. The van der Waals surface area contributed by atoms with E-state index in [0.29, 0.717) is 18.6 Å². The summed E-state index contributed by atoms with van der Waals surface area (Å²) in [6.45, 7) is 0.131. The van der Waals surface area contributed by atoms with Crippen molar-refractivity contribution < 1.29 is 31.1 Å². The van der Waals surface area contributed by atoms with E-state index >= 15 is 0 Å². The Morgan fingerprint density at radius 2 is 1.80 bits per heavy atom. The quantitative estimate of drug-likeness (QED) is 0.765. The monoisotopic (exact) mass is 442 g/mol. The number of anilines is 1. The summed E-state index contributed by atoms with van der Waals surface area (Å²) in [6.07, 6.45) is -3.80. The average Bonchev–Trinajstić information content (AvgIpc) is 2.73.